The molecule has 148 valence electrons. The number of fused-ring (bicyclic) bond motifs is 1. The number of benzene rings is 1. The van der Waals surface area contributed by atoms with E-state index < -0.39 is 5.91 Å². The summed E-state index contributed by atoms with van der Waals surface area (Å²) in [6.07, 6.45) is 3.35. The average molecular weight is 439 g/mol. The van der Waals surface area contributed by atoms with Gasteiger partial charge in [0, 0.05) is 16.3 Å². The van der Waals surface area contributed by atoms with E-state index in [0.717, 1.165) is 42.5 Å². The standard InChI is InChI=1S/C21H22Cl3N3O/c1-3-5-14-18(23)15(6-4-2)27-16(11-17(25)28)20(26-21(27)19(14)24)12-7-9-13(22)10-8-12/h7-10H,3-6,11H2,1-2H3,(H2,25,28). The molecule has 3 rings (SSSR count). The summed E-state index contributed by atoms with van der Waals surface area (Å²) in [4.78, 5) is 16.7. The second kappa shape index (κ2) is 8.73. The van der Waals surface area contributed by atoms with E-state index in [4.69, 9.17) is 45.5 Å². The number of halogens is 3. The van der Waals surface area contributed by atoms with Crippen molar-refractivity contribution in [1.29, 1.82) is 0 Å². The monoisotopic (exact) mass is 437 g/mol. The smallest absolute Gasteiger partial charge is 0.223 e. The molecule has 1 aromatic carbocycles. The first-order chi connectivity index (χ1) is 13.4. The molecule has 1 amide bonds. The molecule has 0 saturated heterocycles. The van der Waals surface area contributed by atoms with Crippen molar-refractivity contribution in [3.63, 3.8) is 0 Å². The summed E-state index contributed by atoms with van der Waals surface area (Å²) in [7, 11) is 0. The van der Waals surface area contributed by atoms with Crippen LogP contribution in [0.1, 0.15) is 43.6 Å². The fraction of sp³-hybridized carbons (Fsp3) is 0.333. The predicted octanol–water partition coefficient (Wildman–Crippen LogP) is 5.89. The van der Waals surface area contributed by atoms with Gasteiger partial charge in [-0.1, -0.05) is 73.6 Å². The van der Waals surface area contributed by atoms with E-state index in [9.17, 15) is 4.79 Å². The maximum atomic E-state index is 11.9. The number of nitrogens with zero attached hydrogens (tertiary/aromatic N) is 2. The third-order valence-corrected chi connectivity index (χ3v) is 5.76. The zero-order valence-corrected chi connectivity index (χ0v) is 18.1. The molecule has 0 atom stereocenters. The van der Waals surface area contributed by atoms with Gasteiger partial charge in [-0.2, -0.15) is 0 Å². The summed E-state index contributed by atoms with van der Waals surface area (Å²) in [5.74, 6) is -0.440. The number of hydrogen-bond donors (Lipinski definition) is 1. The van der Waals surface area contributed by atoms with Gasteiger partial charge >= 0.3 is 0 Å². The van der Waals surface area contributed by atoms with Crippen LogP contribution >= 0.6 is 34.8 Å². The molecule has 0 spiro atoms. The molecule has 0 bridgehead atoms. The maximum Gasteiger partial charge on any atom is 0.223 e. The van der Waals surface area contributed by atoms with Crippen molar-refractivity contribution in [2.45, 2.75) is 46.0 Å². The van der Waals surface area contributed by atoms with E-state index >= 15 is 0 Å². The second-order valence-electron chi connectivity index (χ2n) is 6.77. The number of pyridine rings is 1. The van der Waals surface area contributed by atoms with Crippen LogP contribution in [0.3, 0.4) is 0 Å². The lowest BCUT2D eigenvalue weighted by molar-refractivity contribution is -0.117. The van der Waals surface area contributed by atoms with Crippen LogP contribution < -0.4 is 5.73 Å². The van der Waals surface area contributed by atoms with Gasteiger partial charge in [0.1, 0.15) is 0 Å². The Morgan fingerprint density at radius 1 is 1.00 bits per heavy atom. The molecule has 2 aromatic heterocycles. The molecule has 0 saturated carbocycles. The first-order valence-corrected chi connectivity index (χ1v) is 10.5. The third kappa shape index (κ3) is 3.86. The van der Waals surface area contributed by atoms with Gasteiger partial charge in [-0.15, -0.1) is 0 Å². The minimum absolute atomic E-state index is 0.0373. The molecule has 0 aliphatic rings. The number of aromatic nitrogens is 2. The number of carbonyl (C=O) groups is 1. The lowest BCUT2D eigenvalue weighted by Crippen LogP contribution is -2.17. The highest BCUT2D eigenvalue weighted by atomic mass is 35.5. The van der Waals surface area contributed by atoms with Gasteiger partial charge in [-0.25, -0.2) is 4.98 Å². The summed E-state index contributed by atoms with van der Waals surface area (Å²) in [6.45, 7) is 4.17. The molecule has 3 aromatic rings. The number of nitrogens with two attached hydrogens (primary N) is 1. The molecule has 2 N–H and O–H groups in total. The fourth-order valence-corrected chi connectivity index (χ4v) is 4.35. The van der Waals surface area contributed by atoms with Crippen LogP contribution in [0.5, 0.6) is 0 Å². The number of hydrogen-bond acceptors (Lipinski definition) is 2. The Labute approximate surface area is 179 Å². The molecule has 0 fully saturated rings. The number of imidazole rings is 1. The normalized spacial score (nSPS) is 11.3. The molecular weight excluding hydrogens is 417 g/mol. The van der Waals surface area contributed by atoms with Gasteiger partial charge in [0.15, 0.2) is 5.65 Å². The average Bonchev–Trinajstić information content (AvgIpc) is 3.01. The number of carbonyl (C=O) groups excluding carboxylic acids is 1. The van der Waals surface area contributed by atoms with Crippen LogP contribution in [-0.4, -0.2) is 15.3 Å². The lowest BCUT2D eigenvalue weighted by atomic mass is 10.1. The molecule has 0 unspecified atom stereocenters. The number of aryl methyl sites for hydroxylation is 1. The van der Waals surface area contributed by atoms with Gasteiger partial charge in [0.2, 0.25) is 5.91 Å². The van der Waals surface area contributed by atoms with Crippen LogP contribution in [0.4, 0.5) is 0 Å². The summed E-state index contributed by atoms with van der Waals surface area (Å²) < 4.78 is 1.92. The van der Waals surface area contributed by atoms with Crippen molar-refractivity contribution in [3.05, 3.63) is 56.3 Å². The Kier molecular flexibility index (Phi) is 6.54. The minimum Gasteiger partial charge on any atom is -0.369 e. The highest BCUT2D eigenvalue weighted by molar-refractivity contribution is 6.38. The van der Waals surface area contributed by atoms with E-state index in [0.29, 0.717) is 32.1 Å². The Hall–Kier alpha value is -1.75. The van der Waals surface area contributed by atoms with Crippen LogP contribution in [0.2, 0.25) is 15.1 Å². The van der Waals surface area contributed by atoms with Crippen molar-refractivity contribution < 1.29 is 4.79 Å². The summed E-state index contributed by atoms with van der Waals surface area (Å²) in [6, 6.07) is 7.32. The number of primary amides is 1. The minimum atomic E-state index is -0.440. The second-order valence-corrected chi connectivity index (χ2v) is 7.96. The number of amides is 1. The topological polar surface area (TPSA) is 60.4 Å². The molecule has 4 nitrogen and oxygen atoms in total. The fourth-order valence-electron chi connectivity index (χ4n) is 3.49. The van der Waals surface area contributed by atoms with Gasteiger partial charge in [0.25, 0.3) is 0 Å². The molecule has 2 heterocycles. The van der Waals surface area contributed by atoms with Gasteiger partial charge in [-0.3, -0.25) is 9.20 Å². The van der Waals surface area contributed by atoms with Crippen molar-refractivity contribution in [2.75, 3.05) is 0 Å². The van der Waals surface area contributed by atoms with Crippen LogP contribution in [-0.2, 0) is 24.1 Å². The molecule has 7 heteroatoms. The van der Waals surface area contributed by atoms with E-state index in [1.165, 1.54) is 0 Å². The van der Waals surface area contributed by atoms with Gasteiger partial charge < -0.3 is 5.73 Å². The maximum absolute atomic E-state index is 11.9. The van der Waals surface area contributed by atoms with E-state index in [1.54, 1.807) is 12.1 Å². The van der Waals surface area contributed by atoms with Crippen molar-refractivity contribution in [3.8, 4) is 11.3 Å². The highest BCUT2D eigenvalue weighted by Crippen LogP contribution is 2.37. The highest BCUT2D eigenvalue weighted by Gasteiger charge is 2.24. The van der Waals surface area contributed by atoms with Gasteiger partial charge in [0.05, 0.1) is 27.9 Å². The summed E-state index contributed by atoms with van der Waals surface area (Å²) in [5.41, 5.74) is 10.2. The zero-order chi connectivity index (χ0) is 20.4. The summed E-state index contributed by atoms with van der Waals surface area (Å²) >= 11 is 19.5. The van der Waals surface area contributed by atoms with E-state index in [-0.39, 0.29) is 6.42 Å². The SMILES string of the molecule is CCCc1c(Cl)c(CCC)n2c(CC(N)=O)c(-c3ccc(Cl)cc3)nc2c1Cl. The summed E-state index contributed by atoms with van der Waals surface area (Å²) in [5, 5.41) is 1.80. The Bertz CT molecular complexity index is 1030. The first-order valence-electron chi connectivity index (χ1n) is 9.33. The van der Waals surface area contributed by atoms with E-state index in [2.05, 4.69) is 13.8 Å². The quantitative estimate of drug-likeness (QED) is 0.499. The Morgan fingerprint density at radius 3 is 2.21 bits per heavy atom. The van der Waals surface area contributed by atoms with Crippen LogP contribution in [0.25, 0.3) is 16.9 Å². The Morgan fingerprint density at radius 2 is 1.64 bits per heavy atom. The van der Waals surface area contributed by atoms with Crippen LogP contribution in [0.15, 0.2) is 24.3 Å². The van der Waals surface area contributed by atoms with Crippen molar-refractivity contribution in [2.24, 2.45) is 5.73 Å². The molecule has 0 aliphatic heterocycles. The molecule has 28 heavy (non-hydrogen) atoms. The van der Waals surface area contributed by atoms with Crippen molar-refractivity contribution in [1.82, 2.24) is 9.38 Å². The van der Waals surface area contributed by atoms with Crippen LogP contribution in [0, 0.1) is 0 Å². The third-order valence-electron chi connectivity index (χ3n) is 4.67. The van der Waals surface area contributed by atoms with Crippen molar-refractivity contribution >= 4 is 46.4 Å². The predicted molar refractivity (Wildman–Crippen MR) is 117 cm³/mol. The largest absolute Gasteiger partial charge is 0.369 e. The van der Waals surface area contributed by atoms with Gasteiger partial charge in [-0.05, 0) is 30.5 Å². The molecule has 0 radical (unpaired) electrons. The zero-order valence-electron chi connectivity index (χ0n) is 15.9. The first kappa shape index (κ1) is 21.0. The number of rotatable bonds is 7. The van der Waals surface area contributed by atoms with E-state index in [1.807, 2.05) is 16.5 Å². The molecular formula is C21H22Cl3N3O. The lowest BCUT2D eigenvalue weighted by Gasteiger charge is -2.16. The Balaban J connectivity index is 2.41. The molecule has 0 aliphatic carbocycles.